The van der Waals surface area contributed by atoms with Crippen molar-refractivity contribution >= 4 is 29.0 Å². The van der Waals surface area contributed by atoms with Crippen LogP contribution >= 0.6 is 12.2 Å². The number of thiocarbonyl (C=S) groups is 1. The third-order valence-electron chi connectivity index (χ3n) is 3.04. The highest BCUT2D eigenvalue weighted by Crippen LogP contribution is 2.27. The summed E-state index contributed by atoms with van der Waals surface area (Å²) in [6, 6.07) is 16.8. The maximum absolute atomic E-state index is 11.7. The molecule has 0 saturated heterocycles. The van der Waals surface area contributed by atoms with Crippen molar-refractivity contribution in [3.8, 4) is 0 Å². The molecule has 0 spiro atoms. The minimum absolute atomic E-state index is 0.341. The predicted molar refractivity (Wildman–Crippen MR) is 83.5 cm³/mol. The lowest BCUT2D eigenvalue weighted by molar-refractivity contribution is 0.0289. The molecule has 1 aliphatic rings. The van der Waals surface area contributed by atoms with Crippen LogP contribution in [-0.4, -0.2) is 11.1 Å². The quantitative estimate of drug-likeness (QED) is 0.459. The SMILES string of the molecule is O=C1O[C@H](NNC(=S)Nc2ccccc2)c2ccccc21. The first-order valence-electron chi connectivity index (χ1n) is 6.41. The van der Waals surface area contributed by atoms with E-state index >= 15 is 0 Å². The number of para-hydroxylation sites is 1. The first-order valence-corrected chi connectivity index (χ1v) is 6.82. The van der Waals surface area contributed by atoms with Gasteiger partial charge in [0.1, 0.15) is 0 Å². The van der Waals surface area contributed by atoms with E-state index in [1.54, 1.807) is 12.1 Å². The minimum atomic E-state index is -0.552. The number of carbonyl (C=O) groups excluding carboxylic acids is 1. The van der Waals surface area contributed by atoms with Crippen molar-refractivity contribution in [3.05, 3.63) is 65.7 Å². The first-order chi connectivity index (χ1) is 10.2. The average Bonchev–Trinajstić information content (AvgIpc) is 2.83. The fraction of sp³-hybridized carbons (Fsp3) is 0.0667. The fourth-order valence-corrected chi connectivity index (χ4v) is 2.24. The third kappa shape index (κ3) is 3.01. The van der Waals surface area contributed by atoms with Crippen LogP contribution in [-0.2, 0) is 4.74 Å². The molecule has 3 N–H and O–H groups in total. The van der Waals surface area contributed by atoms with Crippen molar-refractivity contribution in [1.29, 1.82) is 0 Å². The molecule has 106 valence electrons. The summed E-state index contributed by atoms with van der Waals surface area (Å²) >= 11 is 5.17. The number of nitrogens with one attached hydrogen (secondary N) is 3. The molecule has 1 aliphatic heterocycles. The molecule has 1 atom stereocenters. The number of rotatable bonds is 3. The Labute approximate surface area is 127 Å². The van der Waals surface area contributed by atoms with E-state index < -0.39 is 6.23 Å². The standard InChI is InChI=1S/C15H13N3O2S/c19-14-12-9-5-4-8-11(12)13(20-14)17-18-15(21)16-10-6-2-1-3-7-10/h1-9,13,17H,(H2,16,18,21)/t13-/m0/s1. The van der Waals surface area contributed by atoms with Crippen molar-refractivity contribution in [3.63, 3.8) is 0 Å². The van der Waals surface area contributed by atoms with Gasteiger partial charge in [-0.3, -0.25) is 5.43 Å². The third-order valence-corrected chi connectivity index (χ3v) is 3.24. The zero-order chi connectivity index (χ0) is 14.7. The molecule has 2 aromatic rings. The van der Waals surface area contributed by atoms with Crippen LogP contribution in [0.25, 0.3) is 0 Å². The topological polar surface area (TPSA) is 62.4 Å². The van der Waals surface area contributed by atoms with Crippen LogP contribution in [0, 0.1) is 0 Å². The summed E-state index contributed by atoms with van der Waals surface area (Å²) in [4.78, 5) is 11.7. The number of anilines is 1. The highest BCUT2D eigenvalue weighted by molar-refractivity contribution is 7.80. The maximum Gasteiger partial charge on any atom is 0.340 e. The van der Waals surface area contributed by atoms with Crippen molar-refractivity contribution in [2.45, 2.75) is 6.23 Å². The minimum Gasteiger partial charge on any atom is -0.437 e. The molecule has 21 heavy (non-hydrogen) atoms. The molecule has 5 nitrogen and oxygen atoms in total. The van der Waals surface area contributed by atoms with Gasteiger partial charge in [-0.15, -0.1) is 0 Å². The second-order valence-corrected chi connectivity index (χ2v) is 4.87. The Hall–Kier alpha value is -2.44. The van der Waals surface area contributed by atoms with E-state index in [2.05, 4.69) is 16.2 Å². The second kappa shape index (κ2) is 5.90. The maximum atomic E-state index is 11.7. The van der Waals surface area contributed by atoms with E-state index in [4.69, 9.17) is 17.0 Å². The molecule has 0 amide bonds. The Kier molecular flexibility index (Phi) is 3.81. The molecule has 0 unspecified atom stereocenters. The van der Waals surface area contributed by atoms with Gasteiger partial charge >= 0.3 is 5.97 Å². The number of hydrogen-bond donors (Lipinski definition) is 3. The van der Waals surface area contributed by atoms with E-state index in [-0.39, 0.29) is 5.97 Å². The first kappa shape index (κ1) is 13.5. The summed E-state index contributed by atoms with van der Waals surface area (Å²) < 4.78 is 5.23. The molecular formula is C15H13N3O2S. The number of hydrazine groups is 1. The average molecular weight is 299 g/mol. The number of benzene rings is 2. The smallest absolute Gasteiger partial charge is 0.340 e. The Morgan fingerprint density at radius 2 is 1.76 bits per heavy atom. The van der Waals surface area contributed by atoms with E-state index in [1.807, 2.05) is 42.5 Å². The summed E-state index contributed by atoms with van der Waals surface area (Å²) in [5.74, 6) is -0.341. The van der Waals surface area contributed by atoms with Crippen LogP contribution in [0.3, 0.4) is 0 Å². The summed E-state index contributed by atoms with van der Waals surface area (Å²) in [5, 5.41) is 3.41. The number of fused-ring (bicyclic) bond motifs is 1. The number of ether oxygens (including phenoxy) is 1. The number of cyclic esters (lactones) is 1. The number of carbonyl (C=O) groups is 1. The van der Waals surface area contributed by atoms with Gasteiger partial charge < -0.3 is 10.1 Å². The van der Waals surface area contributed by atoms with E-state index in [0.717, 1.165) is 11.3 Å². The van der Waals surface area contributed by atoms with E-state index in [0.29, 0.717) is 10.7 Å². The normalized spacial score (nSPS) is 16.0. The molecule has 6 heteroatoms. The molecule has 1 heterocycles. The van der Waals surface area contributed by atoms with Gasteiger partial charge in [0.15, 0.2) is 11.3 Å². The van der Waals surface area contributed by atoms with Gasteiger partial charge in [0, 0.05) is 11.3 Å². The molecule has 2 aromatic carbocycles. The van der Waals surface area contributed by atoms with Crippen molar-refractivity contribution in [2.75, 3.05) is 5.32 Å². The zero-order valence-electron chi connectivity index (χ0n) is 11.0. The molecule has 0 aliphatic carbocycles. The van der Waals surface area contributed by atoms with Crippen molar-refractivity contribution in [1.82, 2.24) is 10.9 Å². The van der Waals surface area contributed by atoms with Crippen LogP contribution in [0.2, 0.25) is 0 Å². The van der Waals surface area contributed by atoms with Crippen LogP contribution in [0.15, 0.2) is 54.6 Å². The van der Waals surface area contributed by atoms with E-state index in [9.17, 15) is 4.79 Å². The summed E-state index contributed by atoms with van der Waals surface area (Å²) in [6.07, 6.45) is -0.552. The number of esters is 1. The largest absolute Gasteiger partial charge is 0.437 e. The van der Waals surface area contributed by atoms with Crippen LogP contribution in [0.1, 0.15) is 22.1 Å². The molecule has 3 rings (SSSR count). The monoisotopic (exact) mass is 299 g/mol. The van der Waals surface area contributed by atoms with Gasteiger partial charge in [-0.25, -0.2) is 4.79 Å². The molecule has 0 aromatic heterocycles. The van der Waals surface area contributed by atoms with Crippen LogP contribution in [0.4, 0.5) is 5.69 Å². The Bertz CT molecular complexity index is 676. The number of hydrogen-bond acceptors (Lipinski definition) is 4. The fourth-order valence-electron chi connectivity index (χ4n) is 2.07. The molecular weight excluding hydrogens is 286 g/mol. The summed E-state index contributed by atoms with van der Waals surface area (Å²) in [6.45, 7) is 0. The lowest BCUT2D eigenvalue weighted by Gasteiger charge is -2.16. The van der Waals surface area contributed by atoms with Crippen molar-refractivity contribution < 1.29 is 9.53 Å². The van der Waals surface area contributed by atoms with Gasteiger partial charge in [0.05, 0.1) is 5.56 Å². The van der Waals surface area contributed by atoms with Crippen molar-refractivity contribution in [2.24, 2.45) is 0 Å². The van der Waals surface area contributed by atoms with Crippen LogP contribution in [0.5, 0.6) is 0 Å². The van der Waals surface area contributed by atoms with Crippen LogP contribution < -0.4 is 16.2 Å². The highest BCUT2D eigenvalue weighted by atomic mass is 32.1. The van der Waals surface area contributed by atoms with Gasteiger partial charge in [-0.2, -0.15) is 5.43 Å². The van der Waals surface area contributed by atoms with Gasteiger partial charge in [0.2, 0.25) is 0 Å². The summed E-state index contributed by atoms with van der Waals surface area (Å²) in [7, 11) is 0. The van der Waals surface area contributed by atoms with Gasteiger partial charge in [-0.1, -0.05) is 36.4 Å². The lowest BCUT2D eigenvalue weighted by atomic mass is 10.1. The van der Waals surface area contributed by atoms with E-state index in [1.165, 1.54) is 0 Å². The molecule has 0 saturated carbocycles. The van der Waals surface area contributed by atoms with Gasteiger partial charge in [0.25, 0.3) is 0 Å². The summed E-state index contributed by atoms with van der Waals surface area (Å²) in [5.41, 5.74) is 7.95. The predicted octanol–water partition coefficient (Wildman–Crippen LogP) is 2.35. The Morgan fingerprint density at radius 3 is 2.57 bits per heavy atom. The molecule has 0 fully saturated rings. The zero-order valence-corrected chi connectivity index (χ0v) is 11.8. The van der Waals surface area contributed by atoms with Gasteiger partial charge in [-0.05, 0) is 30.4 Å². The molecule has 0 bridgehead atoms. The Balaban J connectivity index is 1.59. The lowest BCUT2D eigenvalue weighted by Crippen LogP contribution is -2.42. The second-order valence-electron chi connectivity index (χ2n) is 4.46. The molecule has 0 radical (unpaired) electrons. The highest BCUT2D eigenvalue weighted by Gasteiger charge is 2.30. The Morgan fingerprint density at radius 1 is 1.05 bits per heavy atom.